The number of carboxylic acid groups (broad SMARTS) is 1. The Kier molecular flexibility index (Phi) is 4.50. The highest BCUT2D eigenvalue weighted by Crippen LogP contribution is 2.20. The molecule has 1 heterocycles. The molecule has 15 heavy (non-hydrogen) atoms. The number of hydrogen-bond donors (Lipinski definition) is 3. The first-order chi connectivity index (χ1) is 7.10. The summed E-state index contributed by atoms with van der Waals surface area (Å²) in [6.45, 7) is 2.02. The lowest BCUT2D eigenvalue weighted by atomic mass is 9.92. The van der Waals surface area contributed by atoms with Gasteiger partial charge in [-0.1, -0.05) is 0 Å². The van der Waals surface area contributed by atoms with Crippen LogP contribution < -0.4 is 10.6 Å². The van der Waals surface area contributed by atoms with Crippen molar-refractivity contribution in [3.05, 3.63) is 0 Å². The summed E-state index contributed by atoms with van der Waals surface area (Å²) in [6, 6.07) is -0.510. The van der Waals surface area contributed by atoms with E-state index in [-0.39, 0.29) is 6.04 Å². The first kappa shape index (κ1) is 12.4. The molecule has 3 N–H and O–H groups in total. The maximum Gasteiger partial charge on any atom is 0.322 e. The van der Waals surface area contributed by atoms with E-state index in [1.807, 2.05) is 7.05 Å². The van der Waals surface area contributed by atoms with Gasteiger partial charge in [-0.15, -0.1) is 0 Å². The summed E-state index contributed by atoms with van der Waals surface area (Å²) in [5, 5.41) is 15.1. The molecule has 1 fully saturated rings. The number of carboxylic acids is 1. The highest BCUT2D eigenvalue weighted by atomic mass is 16.4. The lowest BCUT2D eigenvalue weighted by molar-refractivity contribution is -0.140. The van der Waals surface area contributed by atoms with Crippen molar-refractivity contribution in [2.45, 2.75) is 18.5 Å². The van der Waals surface area contributed by atoms with Crippen molar-refractivity contribution in [3.63, 3.8) is 0 Å². The first-order valence-electron chi connectivity index (χ1n) is 5.36. The molecule has 1 saturated heterocycles. The summed E-state index contributed by atoms with van der Waals surface area (Å²) in [5.41, 5.74) is 0. The standard InChI is InChI=1S/C10H21N3O2/c1-11-8(9(12-2)10(14)15)7-4-5-13(3)6-7/h7-9,11-12H,4-6H2,1-3H3,(H,14,15). The molecule has 0 bridgehead atoms. The molecule has 3 atom stereocenters. The number of likely N-dealkylation sites (N-methyl/N-ethyl adjacent to an activating group) is 2. The molecule has 0 aromatic carbocycles. The SMILES string of the molecule is CNC(C(=O)O)C(NC)C1CCN(C)C1. The van der Waals surface area contributed by atoms with Crippen molar-refractivity contribution in [1.82, 2.24) is 15.5 Å². The predicted molar refractivity (Wildman–Crippen MR) is 58.9 cm³/mol. The van der Waals surface area contributed by atoms with E-state index in [4.69, 9.17) is 5.11 Å². The van der Waals surface area contributed by atoms with Gasteiger partial charge in [-0.25, -0.2) is 0 Å². The number of aliphatic carboxylic acids is 1. The Morgan fingerprint density at radius 3 is 2.47 bits per heavy atom. The van der Waals surface area contributed by atoms with Crippen LogP contribution in [-0.2, 0) is 4.79 Å². The average Bonchev–Trinajstić information content (AvgIpc) is 2.60. The maximum absolute atomic E-state index is 11.1. The van der Waals surface area contributed by atoms with Gasteiger partial charge in [0.1, 0.15) is 6.04 Å². The summed E-state index contributed by atoms with van der Waals surface area (Å²) in [7, 11) is 5.60. The van der Waals surface area contributed by atoms with Gasteiger partial charge in [-0.3, -0.25) is 4.79 Å². The van der Waals surface area contributed by atoms with Crippen molar-refractivity contribution in [1.29, 1.82) is 0 Å². The molecule has 3 unspecified atom stereocenters. The number of rotatable bonds is 5. The molecule has 0 spiro atoms. The molecule has 88 valence electrons. The third-order valence-corrected chi connectivity index (χ3v) is 3.21. The molecular weight excluding hydrogens is 194 g/mol. The molecule has 5 nitrogen and oxygen atoms in total. The summed E-state index contributed by atoms with van der Waals surface area (Å²) in [5.74, 6) is -0.375. The van der Waals surface area contributed by atoms with Gasteiger partial charge in [-0.05, 0) is 40.0 Å². The minimum atomic E-state index is -0.786. The highest BCUT2D eigenvalue weighted by Gasteiger charge is 2.35. The highest BCUT2D eigenvalue weighted by molar-refractivity contribution is 5.74. The van der Waals surface area contributed by atoms with Crippen molar-refractivity contribution in [2.75, 3.05) is 34.2 Å². The van der Waals surface area contributed by atoms with E-state index in [0.717, 1.165) is 19.5 Å². The molecule has 1 rings (SSSR count). The fraction of sp³-hybridized carbons (Fsp3) is 0.900. The minimum Gasteiger partial charge on any atom is -0.480 e. The number of nitrogens with zero attached hydrogens (tertiary/aromatic N) is 1. The molecule has 0 amide bonds. The molecule has 0 radical (unpaired) electrons. The second-order valence-corrected chi connectivity index (χ2v) is 4.23. The summed E-state index contributed by atoms with van der Waals surface area (Å²) in [4.78, 5) is 13.3. The van der Waals surface area contributed by atoms with Crippen molar-refractivity contribution < 1.29 is 9.90 Å². The van der Waals surface area contributed by atoms with Gasteiger partial charge in [0.25, 0.3) is 0 Å². The normalized spacial score (nSPS) is 26.5. The monoisotopic (exact) mass is 215 g/mol. The number of carbonyl (C=O) groups is 1. The lowest BCUT2D eigenvalue weighted by Crippen LogP contribution is -2.54. The average molecular weight is 215 g/mol. The van der Waals surface area contributed by atoms with Crippen LogP contribution in [-0.4, -0.2) is 62.3 Å². The number of likely N-dealkylation sites (tertiary alicyclic amines) is 1. The van der Waals surface area contributed by atoms with Crippen LogP contribution >= 0.6 is 0 Å². The second-order valence-electron chi connectivity index (χ2n) is 4.23. The van der Waals surface area contributed by atoms with E-state index in [1.54, 1.807) is 7.05 Å². The summed E-state index contributed by atoms with van der Waals surface area (Å²) >= 11 is 0. The number of nitrogens with one attached hydrogen (secondary N) is 2. The minimum absolute atomic E-state index is 0.00236. The largest absolute Gasteiger partial charge is 0.480 e. The van der Waals surface area contributed by atoms with Gasteiger partial charge in [0.15, 0.2) is 0 Å². The smallest absolute Gasteiger partial charge is 0.322 e. The van der Waals surface area contributed by atoms with Crippen LogP contribution in [0.5, 0.6) is 0 Å². The molecule has 5 heteroatoms. The predicted octanol–water partition coefficient (Wildman–Crippen LogP) is -0.801. The quantitative estimate of drug-likeness (QED) is 0.560. The summed E-state index contributed by atoms with van der Waals surface area (Å²) in [6.07, 6.45) is 1.06. The van der Waals surface area contributed by atoms with Gasteiger partial charge in [0.05, 0.1) is 0 Å². The van der Waals surface area contributed by atoms with E-state index < -0.39 is 12.0 Å². The molecule has 0 aromatic rings. The van der Waals surface area contributed by atoms with Gasteiger partial charge < -0.3 is 20.6 Å². The van der Waals surface area contributed by atoms with Gasteiger partial charge in [-0.2, -0.15) is 0 Å². The Morgan fingerprint density at radius 1 is 1.47 bits per heavy atom. The summed E-state index contributed by atoms with van der Waals surface area (Å²) < 4.78 is 0. The molecule has 0 aromatic heterocycles. The third kappa shape index (κ3) is 2.90. The van der Waals surface area contributed by atoms with Crippen LogP contribution in [0.15, 0.2) is 0 Å². The Morgan fingerprint density at radius 2 is 2.13 bits per heavy atom. The zero-order chi connectivity index (χ0) is 11.4. The zero-order valence-corrected chi connectivity index (χ0v) is 9.66. The molecule has 0 aliphatic carbocycles. The van der Waals surface area contributed by atoms with Crippen LogP contribution in [0, 0.1) is 5.92 Å². The van der Waals surface area contributed by atoms with Crippen LogP contribution in [0.25, 0.3) is 0 Å². The number of hydrogen-bond acceptors (Lipinski definition) is 4. The topological polar surface area (TPSA) is 64.6 Å². The van der Waals surface area contributed by atoms with Crippen LogP contribution in [0.2, 0.25) is 0 Å². The molecule has 1 aliphatic heterocycles. The van der Waals surface area contributed by atoms with Crippen molar-refractivity contribution >= 4 is 5.97 Å². The van der Waals surface area contributed by atoms with Gasteiger partial charge in [0.2, 0.25) is 0 Å². The molecular formula is C10H21N3O2. The van der Waals surface area contributed by atoms with E-state index in [1.165, 1.54) is 0 Å². The van der Waals surface area contributed by atoms with Gasteiger partial charge >= 0.3 is 5.97 Å². The van der Waals surface area contributed by atoms with Gasteiger partial charge in [0, 0.05) is 12.6 Å². The Balaban J connectivity index is 2.64. The second kappa shape index (κ2) is 5.44. The fourth-order valence-corrected chi connectivity index (χ4v) is 2.39. The Labute approximate surface area is 90.8 Å². The Bertz CT molecular complexity index is 223. The van der Waals surface area contributed by atoms with Crippen LogP contribution in [0.1, 0.15) is 6.42 Å². The van der Waals surface area contributed by atoms with E-state index in [9.17, 15) is 4.79 Å². The van der Waals surface area contributed by atoms with E-state index >= 15 is 0 Å². The fourth-order valence-electron chi connectivity index (χ4n) is 2.39. The van der Waals surface area contributed by atoms with E-state index in [2.05, 4.69) is 22.6 Å². The molecule has 0 saturated carbocycles. The zero-order valence-electron chi connectivity index (χ0n) is 9.66. The van der Waals surface area contributed by atoms with E-state index in [0.29, 0.717) is 5.92 Å². The van der Waals surface area contributed by atoms with Crippen molar-refractivity contribution in [3.8, 4) is 0 Å². The molecule has 1 aliphatic rings. The van der Waals surface area contributed by atoms with Crippen LogP contribution in [0.3, 0.4) is 0 Å². The third-order valence-electron chi connectivity index (χ3n) is 3.21. The Hall–Kier alpha value is -0.650. The lowest BCUT2D eigenvalue weighted by Gasteiger charge is -2.28. The van der Waals surface area contributed by atoms with Crippen LogP contribution in [0.4, 0.5) is 0 Å². The maximum atomic E-state index is 11.1. The van der Waals surface area contributed by atoms with Crippen molar-refractivity contribution in [2.24, 2.45) is 5.92 Å². The first-order valence-corrected chi connectivity index (χ1v) is 5.36.